The number of nitrogens with zero attached hydrogens (tertiary/aromatic N) is 1. The molecule has 0 amide bonds. The Morgan fingerprint density at radius 3 is 2.70 bits per heavy atom. The van der Waals surface area contributed by atoms with Gasteiger partial charge in [-0.15, -0.1) is 0 Å². The molecule has 0 fully saturated rings. The maximum atomic E-state index is 10.1. The largest absolute Gasteiger partial charge is 1.00 e. The molecule has 0 bridgehead atoms. The molecule has 0 aliphatic carbocycles. The summed E-state index contributed by atoms with van der Waals surface area (Å²) in [5.74, 6) is -0.358. The maximum Gasteiger partial charge on any atom is 1.00 e. The molecule has 1 heterocycles. The van der Waals surface area contributed by atoms with Gasteiger partial charge in [0, 0.05) is 0 Å². The number of aromatic amines is 1. The summed E-state index contributed by atoms with van der Waals surface area (Å²) in [7, 11) is 0. The van der Waals surface area contributed by atoms with Crippen LogP contribution in [0.2, 0.25) is 0 Å². The Kier molecular flexibility index (Phi) is 3.63. The van der Waals surface area contributed by atoms with Gasteiger partial charge in [-0.05, 0) is 6.92 Å². The van der Waals surface area contributed by atoms with Crippen molar-refractivity contribution < 1.29 is 40.9 Å². The van der Waals surface area contributed by atoms with Gasteiger partial charge in [-0.25, -0.2) is 9.78 Å². The van der Waals surface area contributed by atoms with Crippen LogP contribution in [0, 0.1) is 6.92 Å². The Labute approximate surface area is 81.4 Å². The van der Waals surface area contributed by atoms with Gasteiger partial charge in [0.05, 0.1) is 6.20 Å². The Hall–Kier alpha value is -0.320. The third kappa shape index (κ3) is 2.13. The smallest absolute Gasteiger partial charge is 1.00 e. The molecular weight excluding hydrogens is 143 g/mol. The molecule has 0 aliphatic rings. The van der Waals surface area contributed by atoms with Crippen LogP contribution in [0.15, 0.2) is 6.20 Å². The summed E-state index contributed by atoms with van der Waals surface area (Å²) in [6.45, 7) is 1.70. The maximum absolute atomic E-state index is 10.1. The zero-order chi connectivity index (χ0) is 6.85. The first kappa shape index (κ1) is 9.68. The fourth-order valence-electron chi connectivity index (χ4n) is 0.530. The minimum atomic E-state index is -0.976. The first-order valence-corrected chi connectivity index (χ1v) is 2.45. The van der Waals surface area contributed by atoms with Crippen LogP contribution in [0.5, 0.6) is 0 Å². The van der Waals surface area contributed by atoms with E-state index in [0.717, 1.165) is 0 Å². The topological polar surface area (TPSA) is 66.0 Å². The van der Waals surface area contributed by atoms with Gasteiger partial charge in [0.25, 0.3) is 0 Å². The number of carboxylic acids is 1. The van der Waals surface area contributed by atoms with Crippen molar-refractivity contribution in [3.05, 3.63) is 17.7 Å². The number of aryl methyl sites for hydroxylation is 1. The van der Waals surface area contributed by atoms with E-state index < -0.39 is 5.97 Å². The molecule has 0 radical (unpaired) electrons. The second-order valence-electron chi connectivity index (χ2n) is 1.69. The van der Waals surface area contributed by atoms with Gasteiger partial charge in [0.15, 0.2) is 0 Å². The van der Waals surface area contributed by atoms with Crippen molar-refractivity contribution in [1.29, 1.82) is 0 Å². The van der Waals surface area contributed by atoms with Crippen molar-refractivity contribution >= 4 is 5.97 Å². The van der Waals surface area contributed by atoms with Gasteiger partial charge in [0.1, 0.15) is 11.5 Å². The van der Waals surface area contributed by atoms with E-state index in [0.29, 0.717) is 5.82 Å². The molecule has 1 aromatic heterocycles. The fourth-order valence-corrected chi connectivity index (χ4v) is 0.530. The number of rotatable bonds is 1. The standard InChI is InChI=1S/C5H6N2O2.Na.H/c1-3-6-2-4(7-3)5(8)9;;/h2H,1H3,(H,6,7)(H,8,9);;/q;+1;-1. The molecule has 0 aliphatic heterocycles. The van der Waals surface area contributed by atoms with Crippen molar-refractivity contribution in [2.24, 2.45) is 0 Å². The zero-order valence-corrected chi connectivity index (χ0v) is 7.88. The number of aromatic nitrogens is 2. The normalized spacial score (nSPS) is 8.50. The van der Waals surface area contributed by atoms with E-state index >= 15 is 0 Å². The van der Waals surface area contributed by atoms with Crippen molar-refractivity contribution in [2.45, 2.75) is 6.92 Å². The molecule has 1 rings (SSSR count). The molecule has 1 aromatic rings. The quantitative estimate of drug-likeness (QED) is 0.436. The molecule has 2 N–H and O–H groups in total. The fraction of sp³-hybridized carbons (Fsp3) is 0.200. The van der Waals surface area contributed by atoms with E-state index in [1.165, 1.54) is 6.20 Å². The summed E-state index contributed by atoms with van der Waals surface area (Å²) in [6.07, 6.45) is 1.29. The summed E-state index contributed by atoms with van der Waals surface area (Å²) in [5.41, 5.74) is 0.132. The minimum absolute atomic E-state index is 0. The van der Waals surface area contributed by atoms with E-state index in [1.54, 1.807) is 6.92 Å². The third-order valence-corrected chi connectivity index (χ3v) is 0.933. The van der Waals surface area contributed by atoms with Crippen LogP contribution in [-0.2, 0) is 0 Å². The number of imidazole rings is 1. The number of carboxylic acid groups (broad SMARTS) is 1. The summed E-state index contributed by atoms with van der Waals surface area (Å²) < 4.78 is 0. The van der Waals surface area contributed by atoms with E-state index in [-0.39, 0.29) is 36.7 Å². The molecule has 0 unspecified atom stereocenters. The number of carbonyl (C=O) groups is 1. The van der Waals surface area contributed by atoms with Crippen LogP contribution in [0.1, 0.15) is 17.7 Å². The van der Waals surface area contributed by atoms with Crippen LogP contribution >= 0.6 is 0 Å². The number of H-pyrrole nitrogens is 1. The molecule has 10 heavy (non-hydrogen) atoms. The van der Waals surface area contributed by atoms with Crippen LogP contribution in [0.3, 0.4) is 0 Å². The molecule has 4 nitrogen and oxygen atoms in total. The predicted molar refractivity (Wildman–Crippen MR) is 31.4 cm³/mol. The Balaban J connectivity index is 0. The van der Waals surface area contributed by atoms with Crippen molar-refractivity contribution in [1.82, 2.24) is 9.97 Å². The minimum Gasteiger partial charge on any atom is -1.00 e. The number of aromatic carboxylic acids is 1. The molecule has 0 spiro atoms. The molecule has 0 aromatic carbocycles. The van der Waals surface area contributed by atoms with Crippen molar-refractivity contribution in [2.75, 3.05) is 0 Å². The molecule has 5 heteroatoms. The molecular formula is C5H7N2NaO2. The molecule has 50 valence electrons. The Morgan fingerprint density at radius 1 is 1.90 bits per heavy atom. The van der Waals surface area contributed by atoms with E-state index in [4.69, 9.17) is 5.11 Å². The van der Waals surface area contributed by atoms with Crippen LogP contribution in [-0.4, -0.2) is 21.0 Å². The third-order valence-electron chi connectivity index (χ3n) is 0.933. The summed E-state index contributed by atoms with van der Waals surface area (Å²) in [4.78, 5) is 16.4. The Bertz CT molecular complexity index is 238. The molecule has 0 atom stereocenters. The number of hydrogen-bond donors (Lipinski definition) is 2. The van der Waals surface area contributed by atoms with E-state index in [1.807, 2.05) is 0 Å². The monoisotopic (exact) mass is 150 g/mol. The van der Waals surface area contributed by atoms with Gasteiger partial charge >= 0.3 is 35.5 Å². The zero-order valence-electron chi connectivity index (χ0n) is 6.88. The van der Waals surface area contributed by atoms with E-state index in [2.05, 4.69) is 9.97 Å². The number of hydrogen-bond acceptors (Lipinski definition) is 2. The second kappa shape index (κ2) is 3.75. The molecule has 0 saturated carbocycles. The first-order valence-electron chi connectivity index (χ1n) is 2.45. The van der Waals surface area contributed by atoms with Crippen molar-refractivity contribution in [3.8, 4) is 0 Å². The molecule has 0 saturated heterocycles. The average molecular weight is 150 g/mol. The number of nitrogens with one attached hydrogen (secondary N) is 1. The Morgan fingerprint density at radius 2 is 2.50 bits per heavy atom. The van der Waals surface area contributed by atoms with Gasteiger partial charge in [-0.2, -0.15) is 0 Å². The SMILES string of the molecule is Cc1ncc(C(=O)O)[nH]1.[H-].[Na+]. The van der Waals surface area contributed by atoms with Gasteiger partial charge in [-0.1, -0.05) is 0 Å². The second-order valence-corrected chi connectivity index (χ2v) is 1.69. The van der Waals surface area contributed by atoms with Crippen LogP contribution in [0.4, 0.5) is 0 Å². The summed E-state index contributed by atoms with van der Waals surface area (Å²) in [5, 5.41) is 8.33. The first-order chi connectivity index (χ1) is 4.20. The van der Waals surface area contributed by atoms with Crippen LogP contribution in [0.25, 0.3) is 0 Å². The van der Waals surface area contributed by atoms with E-state index in [9.17, 15) is 4.79 Å². The van der Waals surface area contributed by atoms with Crippen LogP contribution < -0.4 is 29.6 Å². The van der Waals surface area contributed by atoms with Gasteiger partial charge < -0.3 is 11.5 Å². The predicted octanol–water partition coefficient (Wildman–Crippen LogP) is -2.47. The van der Waals surface area contributed by atoms with Gasteiger partial charge in [-0.3, -0.25) is 0 Å². The van der Waals surface area contributed by atoms with Crippen molar-refractivity contribution in [3.63, 3.8) is 0 Å². The summed E-state index contributed by atoms with van der Waals surface area (Å²) >= 11 is 0. The van der Waals surface area contributed by atoms with Gasteiger partial charge in [0.2, 0.25) is 0 Å². The average Bonchev–Trinajstić information content (AvgIpc) is 2.14. The summed E-state index contributed by atoms with van der Waals surface area (Å²) in [6, 6.07) is 0.